The van der Waals surface area contributed by atoms with E-state index in [1.165, 1.54) is 6.07 Å². The van der Waals surface area contributed by atoms with Crippen molar-refractivity contribution in [2.45, 2.75) is 6.42 Å². The van der Waals surface area contributed by atoms with Crippen molar-refractivity contribution < 1.29 is 9.18 Å². The van der Waals surface area contributed by atoms with Crippen LogP contribution >= 0.6 is 15.9 Å². The van der Waals surface area contributed by atoms with E-state index in [1.54, 1.807) is 42.5 Å². The number of nitrogens with one attached hydrogen (secondary N) is 1. The maximum Gasteiger partial charge on any atom is 0.168 e. The highest BCUT2D eigenvalue weighted by molar-refractivity contribution is 9.10. The molecule has 0 aliphatic rings. The zero-order valence-corrected chi connectivity index (χ0v) is 12.3. The summed E-state index contributed by atoms with van der Waals surface area (Å²) in [5.41, 5.74) is 1.38. The molecule has 2 rings (SSSR count). The monoisotopic (exact) mass is 333 g/mol. The number of halogens is 2. The summed E-state index contributed by atoms with van der Waals surface area (Å²) in [5.74, 6) is -0.434. The summed E-state index contributed by atoms with van der Waals surface area (Å²) in [7, 11) is 0. The maximum atomic E-state index is 13.5. The molecule has 102 valence electrons. The van der Waals surface area contributed by atoms with Gasteiger partial charge in [-0.25, -0.2) is 4.39 Å². The summed E-state index contributed by atoms with van der Waals surface area (Å²) in [6.45, 7) is 3.77. The number of benzene rings is 2. The Morgan fingerprint density at radius 1 is 1.15 bits per heavy atom. The first-order valence-electron chi connectivity index (χ1n) is 6.04. The van der Waals surface area contributed by atoms with Crippen LogP contribution in [0.15, 0.2) is 65.3 Å². The predicted molar refractivity (Wildman–Crippen MR) is 82.3 cm³/mol. The lowest BCUT2D eigenvalue weighted by atomic mass is 10.1. The second kappa shape index (κ2) is 6.48. The minimum atomic E-state index is -0.371. The molecular weight excluding hydrogens is 321 g/mol. The normalized spacial score (nSPS) is 10.1. The Bertz CT molecular complexity index is 637. The van der Waals surface area contributed by atoms with E-state index in [0.29, 0.717) is 16.9 Å². The lowest BCUT2D eigenvalue weighted by Crippen LogP contribution is -2.07. The topological polar surface area (TPSA) is 29.1 Å². The van der Waals surface area contributed by atoms with Crippen molar-refractivity contribution in [2.75, 3.05) is 5.32 Å². The number of hydrogen-bond acceptors (Lipinski definition) is 2. The fourth-order valence-electron chi connectivity index (χ4n) is 1.73. The summed E-state index contributed by atoms with van der Waals surface area (Å²) < 4.78 is 14.4. The van der Waals surface area contributed by atoms with Crippen LogP contribution in [-0.4, -0.2) is 5.78 Å². The third kappa shape index (κ3) is 3.78. The van der Waals surface area contributed by atoms with Crippen molar-refractivity contribution in [2.24, 2.45) is 0 Å². The van der Waals surface area contributed by atoms with Gasteiger partial charge in [-0.3, -0.25) is 4.79 Å². The van der Waals surface area contributed by atoms with Gasteiger partial charge in [-0.05, 0) is 24.3 Å². The molecule has 0 saturated carbocycles. The highest BCUT2D eigenvalue weighted by Crippen LogP contribution is 2.17. The molecule has 0 heterocycles. The van der Waals surface area contributed by atoms with E-state index in [0.717, 1.165) is 4.47 Å². The standard InChI is InChI=1S/C16H13BrFNO/c1-11(19-15-5-3-2-4-14(15)18)10-16(20)12-6-8-13(17)9-7-12/h2-9,19H,1,10H2. The average Bonchev–Trinajstić information content (AvgIpc) is 2.42. The van der Waals surface area contributed by atoms with Crippen molar-refractivity contribution in [1.82, 2.24) is 0 Å². The molecule has 0 aliphatic carbocycles. The number of hydrogen-bond donors (Lipinski definition) is 1. The van der Waals surface area contributed by atoms with E-state index in [-0.39, 0.29) is 18.0 Å². The molecule has 2 aromatic carbocycles. The van der Waals surface area contributed by atoms with Crippen LogP contribution in [0.3, 0.4) is 0 Å². The summed E-state index contributed by atoms with van der Waals surface area (Å²) in [6, 6.07) is 13.4. The van der Waals surface area contributed by atoms with Crippen LogP contribution in [0.1, 0.15) is 16.8 Å². The third-order valence-electron chi connectivity index (χ3n) is 2.73. The number of carbonyl (C=O) groups excluding carboxylic acids is 1. The van der Waals surface area contributed by atoms with Crippen molar-refractivity contribution >= 4 is 27.4 Å². The van der Waals surface area contributed by atoms with Gasteiger partial charge in [0.1, 0.15) is 5.82 Å². The average molecular weight is 334 g/mol. The lowest BCUT2D eigenvalue weighted by Gasteiger charge is -2.10. The molecule has 0 aromatic heterocycles. The van der Waals surface area contributed by atoms with Crippen molar-refractivity contribution in [1.29, 1.82) is 0 Å². The second-order valence-corrected chi connectivity index (χ2v) is 5.23. The molecule has 0 aliphatic heterocycles. The Labute approximate surface area is 125 Å². The van der Waals surface area contributed by atoms with Gasteiger partial charge in [0.25, 0.3) is 0 Å². The summed E-state index contributed by atoms with van der Waals surface area (Å²) in [4.78, 5) is 12.0. The minimum Gasteiger partial charge on any atom is -0.357 e. The number of rotatable bonds is 5. The van der Waals surface area contributed by atoms with Gasteiger partial charge in [-0.1, -0.05) is 46.8 Å². The van der Waals surface area contributed by atoms with E-state index >= 15 is 0 Å². The number of carbonyl (C=O) groups is 1. The fraction of sp³-hybridized carbons (Fsp3) is 0.0625. The van der Waals surface area contributed by atoms with Gasteiger partial charge in [0, 0.05) is 15.7 Å². The Morgan fingerprint density at radius 3 is 2.45 bits per heavy atom. The van der Waals surface area contributed by atoms with Gasteiger partial charge in [-0.15, -0.1) is 0 Å². The highest BCUT2D eigenvalue weighted by Gasteiger charge is 2.09. The molecule has 0 atom stereocenters. The molecule has 0 spiro atoms. The molecule has 2 aromatic rings. The molecule has 4 heteroatoms. The van der Waals surface area contributed by atoms with Crippen LogP contribution in [0, 0.1) is 5.82 Å². The molecule has 0 fully saturated rings. The lowest BCUT2D eigenvalue weighted by molar-refractivity contribution is 0.0993. The minimum absolute atomic E-state index is 0.0636. The van der Waals surface area contributed by atoms with E-state index < -0.39 is 0 Å². The number of ketones is 1. The molecule has 0 bridgehead atoms. The Kier molecular flexibility index (Phi) is 4.69. The molecular formula is C16H13BrFNO. The Hall–Kier alpha value is -1.94. The molecule has 0 radical (unpaired) electrons. The van der Waals surface area contributed by atoms with Crippen molar-refractivity contribution in [3.63, 3.8) is 0 Å². The van der Waals surface area contributed by atoms with Gasteiger partial charge in [-0.2, -0.15) is 0 Å². The third-order valence-corrected chi connectivity index (χ3v) is 3.25. The molecule has 1 N–H and O–H groups in total. The fourth-order valence-corrected chi connectivity index (χ4v) is 1.99. The van der Waals surface area contributed by atoms with Crippen LogP contribution in [0.5, 0.6) is 0 Å². The molecule has 0 amide bonds. The number of allylic oxidation sites excluding steroid dienone is 1. The van der Waals surface area contributed by atoms with E-state index in [2.05, 4.69) is 27.8 Å². The van der Waals surface area contributed by atoms with Gasteiger partial charge in [0.05, 0.1) is 12.1 Å². The smallest absolute Gasteiger partial charge is 0.168 e. The first-order valence-corrected chi connectivity index (χ1v) is 6.83. The van der Waals surface area contributed by atoms with Crippen LogP contribution in [0.25, 0.3) is 0 Å². The van der Waals surface area contributed by atoms with Crippen LogP contribution in [0.2, 0.25) is 0 Å². The van der Waals surface area contributed by atoms with Crippen LogP contribution < -0.4 is 5.32 Å². The van der Waals surface area contributed by atoms with Crippen LogP contribution in [0.4, 0.5) is 10.1 Å². The van der Waals surface area contributed by atoms with Gasteiger partial charge >= 0.3 is 0 Å². The second-order valence-electron chi connectivity index (χ2n) is 4.32. The number of anilines is 1. The maximum absolute atomic E-state index is 13.5. The first-order chi connectivity index (χ1) is 9.56. The summed E-state index contributed by atoms with van der Waals surface area (Å²) in [5, 5.41) is 2.82. The zero-order valence-electron chi connectivity index (χ0n) is 10.7. The van der Waals surface area contributed by atoms with E-state index in [1.807, 2.05) is 0 Å². The SMILES string of the molecule is C=C(CC(=O)c1ccc(Br)cc1)Nc1ccccc1F. The van der Waals surface area contributed by atoms with Gasteiger partial charge in [0.15, 0.2) is 5.78 Å². The van der Waals surface area contributed by atoms with E-state index in [4.69, 9.17) is 0 Å². The quantitative estimate of drug-likeness (QED) is 0.797. The van der Waals surface area contributed by atoms with Crippen molar-refractivity contribution in [3.05, 3.63) is 76.7 Å². The molecule has 0 saturated heterocycles. The predicted octanol–water partition coefficient (Wildman–Crippen LogP) is 4.79. The van der Waals surface area contributed by atoms with Crippen molar-refractivity contribution in [3.8, 4) is 0 Å². The van der Waals surface area contributed by atoms with E-state index in [9.17, 15) is 9.18 Å². The molecule has 20 heavy (non-hydrogen) atoms. The van der Waals surface area contributed by atoms with Gasteiger partial charge < -0.3 is 5.32 Å². The van der Waals surface area contributed by atoms with Gasteiger partial charge in [0.2, 0.25) is 0 Å². The largest absolute Gasteiger partial charge is 0.357 e. The van der Waals surface area contributed by atoms with Crippen LogP contribution in [-0.2, 0) is 0 Å². The Morgan fingerprint density at radius 2 is 1.80 bits per heavy atom. The Balaban J connectivity index is 2.00. The first kappa shape index (κ1) is 14.5. The summed E-state index contributed by atoms with van der Waals surface area (Å²) >= 11 is 3.31. The molecule has 0 unspecified atom stereocenters. The zero-order chi connectivity index (χ0) is 14.5. The number of para-hydroxylation sites is 1. The number of Topliss-reactive ketones (excluding diaryl/α,β-unsaturated/α-hetero) is 1. The molecule has 2 nitrogen and oxygen atoms in total. The highest BCUT2D eigenvalue weighted by atomic mass is 79.9. The summed E-state index contributed by atoms with van der Waals surface area (Å²) in [6.07, 6.45) is 0.121.